The zero-order chi connectivity index (χ0) is 17.3. The van der Waals surface area contributed by atoms with Crippen molar-refractivity contribution in [1.82, 2.24) is 5.32 Å². The Morgan fingerprint density at radius 3 is 2.54 bits per heavy atom. The highest BCUT2D eigenvalue weighted by Gasteiger charge is 2.31. The highest BCUT2D eigenvalue weighted by Crippen LogP contribution is 2.37. The number of carbonyl (C=O) groups excluding carboxylic acids is 1. The molecule has 2 aromatic carbocycles. The molecule has 0 spiro atoms. The van der Waals surface area contributed by atoms with Gasteiger partial charge in [0.1, 0.15) is 11.3 Å². The fraction of sp³-hybridized carbons (Fsp3) is 0.278. The summed E-state index contributed by atoms with van der Waals surface area (Å²) in [4.78, 5) is 12.6. The van der Waals surface area contributed by atoms with E-state index in [0.29, 0.717) is 5.75 Å². The normalized spacial score (nSPS) is 16.8. The van der Waals surface area contributed by atoms with Crippen LogP contribution in [0, 0.1) is 0 Å². The van der Waals surface area contributed by atoms with E-state index in [1.807, 2.05) is 6.92 Å². The van der Waals surface area contributed by atoms with Gasteiger partial charge in [0, 0.05) is 7.05 Å². The minimum absolute atomic E-state index is 0.0269. The molecule has 3 rings (SSSR count). The topological polar surface area (TPSA) is 72.5 Å². The molecule has 0 radical (unpaired) electrons. The Morgan fingerprint density at radius 1 is 1.17 bits per heavy atom. The number of ether oxygens (including phenoxy) is 1. The zero-order valence-electron chi connectivity index (χ0n) is 13.6. The predicted molar refractivity (Wildman–Crippen MR) is 90.1 cm³/mol. The van der Waals surface area contributed by atoms with E-state index in [9.17, 15) is 13.2 Å². The average molecular weight is 345 g/mol. The molecule has 0 aliphatic carbocycles. The molecule has 5 nitrogen and oxygen atoms in total. The molecule has 1 atom stereocenters. The van der Waals surface area contributed by atoms with Crippen molar-refractivity contribution in [1.29, 1.82) is 0 Å². The van der Waals surface area contributed by atoms with Crippen LogP contribution in [0.4, 0.5) is 0 Å². The first-order chi connectivity index (χ1) is 11.4. The van der Waals surface area contributed by atoms with Gasteiger partial charge < -0.3 is 10.1 Å². The molecular weight excluding hydrogens is 326 g/mol. The molecule has 1 N–H and O–H groups in total. The number of hydrogen-bond acceptors (Lipinski definition) is 4. The van der Waals surface area contributed by atoms with Crippen LogP contribution in [0.3, 0.4) is 0 Å². The molecule has 1 amide bonds. The van der Waals surface area contributed by atoms with Gasteiger partial charge >= 0.3 is 0 Å². The molecule has 126 valence electrons. The Morgan fingerprint density at radius 2 is 1.88 bits per heavy atom. The van der Waals surface area contributed by atoms with Crippen molar-refractivity contribution >= 4 is 15.7 Å². The fourth-order valence-electron chi connectivity index (χ4n) is 2.85. The van der Waals surface area contributed by atoms with E-state index in [-0.39, 0.29) is 21.5 Å². The van der Waals surface area contributed by atoms with Crippen LogP contribution in [0.2, 0.25) is 0 Å². The van der Waals surface area contributed by atoms with Gasteiger partial charge in [0.2, 0.25) is 9.84 Å². The Labute approximate surface area is 141 Å². The summed E-state index contributed by atoms with van der Waals surface area (Å²) in [5.74, 6) is -0.0828. The van der Waals surface area contributed by atoms with Crippen LogP contribution in [0.25, 0.3) is 0 Å². The Hall–Kier alpha value is -2.34. The van der Waals surface area contributed by atoms with Gasteiger partial charge in [-0.15, -0.1) is 0 Å². The summed E-state index contributed by atoms with van der Waals surface area (Å²) in [7, 11) is -2.34. The second-order valence-corrected chi connectivity index (χ2v) is 7.71. The Balaban J connectivity index is 2.26. The standard InChI is InChI=1S/C18H19NO4S/c1-12-8-9-13-10-11-15(16(17(13)23-12)18(20)19-2)24(21,22)14-6-4-3-5-7-14/h3-7,10-12H,8-9H2,1-2H3,(H,19,20). The van der Waals surface area contributed by atoms with Crippen molar-refractivity contribution in [2.75, 3.05) is 7.05 Å². The molecule has 0 saturated heterocycles. The van der Waals surface area contributed by atoms with Crippen molar-refractivity contribution in [2.45, 2.75) is 35.7 Å². The molecule has 6 heteroatoms. The second-order valence-electron chi connectivity index (χ2n) is 5.79. The van der Waals surface area contributed by atoms with E-state index in [1.165, 1.54) is 25.2 Å². The highest BCUT2D eigenvalue weighted by atomic mass is 32.2. The molecule has 2 aromatic rings. The van der Waals surface area contributed by atoms with E-state index in [0.717, 1.165) is 18.4 Å². The first-order valence-corrected chi connectivity index (χ1v) is 9.28. The maximum absolute atomic E-state index is 13.0. The summed E-state index contributed by atoms with van der Waals surface area (Å²) in [6.07, 6.45) is 1.53. The van der Waals surface area contributed by atoms with Crippen LogP contribution in [0.1, 0.15) is 29.3 Å². The summed E-state index contributed by atoms with van der Waals surface area (Å²) >= 11 is 0. The second kappa shape index (κ2) is 6.28. The number of amides is 1. The minimum Gasteiger partial charge on any atom is -0.490 e. The maximum Gasteiger partial charge on any atom is 0.256 e. The van der Waals surface area contributed by atoms with Crippen molar-refractivity contribution in [3.05, 3.63) is 53.6 Å². The number of fused-ring (bicyclic) bond motifs is 1. The van der Waals surface area contributed by atoms with E-state index in [1.54, 1.807) is 24.3 Å². The number of aryl methyl sites for hydroxylation is 1. The molecule has 0 fully saturated rings. The first kappa shape index (κ1) is 16.5. The lowest BCUT2D eigenvalue weighted by molar-refractivity contribution is 0.0949. The van der Waals surface area contributed by atoms with Crippen LogP contribution in [0.5, 0.6) is 5.75 Å². The summed E-state index contributed by atoms with van der Waals surface area (Å²) in [5, 5.41) is 2.53. The quantitative estimate of drug-likeness (QED) is 0.928. The smallest absolute Gasteiger partial charge is 0.256 e. The van der Waals surface area contributed by atoms with Crippen molar-refractivity contribution < 1.29 is 17.9 Å². The van der Waals surface area contributed by atoms with Crippen LogP contribution in [-0.2, 0) is 16.3 Å². The number of sulfone groups is 1. The Kier molecular flexibility index (Phi) is 4.32. The third-order valence-electron chi connectivity index (χ3n) is 4.14. The van der Waals surface area contributed by atoms with E-state index in [4.69, 9.17) is 4.74 Å². The van der Waals surface area contributed by atoms with Gasteiger partial charge in [-0.05, 0) is 43.5 Å². The van der Waals surface area contributed by atoms with Crippen LogP contribution in [-0.4, -0.2) is 27.5 Å². The van der Waals surface area contributed by atoms with Crippen LogP contribution < -0.4 is 10.1 Å². The van der Waals surface area contributed by atoms with E-state index < -0.39 is 15.7 Å². The molecule has 1 heterocycles. The maximum atomic E-state index is 13.0. The molecule has 1 aliphatic heterocycles. The third kappa shape index (κ3) is 2.78. The van der Waals surface area contributed by atoms with Crippen molar-refractivity contribution in [3.63, 3.8) is 0 Å². The van der Waals surface area contributed by atoms with Gasteiger partial charge in [0.25, 0.3) is 5.91 Å². The third-order valence-corrected chi connectivity index (χ3v) is 5.95. The van der Waals surface area contributed by atoms with Gasteiger partial charge in [-0.1, -0.05) is 24.3 Å². The van der Waals surface area contributed by atoms with Gasteiger partial charge in [-0.2, -0.15) is 0 Å². The minimum atomic E-state index is -3.82. The number of nitrogens with one attached hydrogen (secondary N) is 1. The SMILES string of the molecule is CNC(=O)c1c(S(=O)(=O)c2ccccc2)ccc2c1OC(C)CC2. The number of carbonyl (C=O) groups is 1. The first-order valence-electron chi connectivity index (χ1n) is 7.80. The summed E-state index contributed by atoms with van der Waals surface area (Å²) in [6.45, 7) is 1.91. The largest absolute Gasteiger partial charge is 0.490 e. The molecule has 0 bridgehead atoms. The molecule has 0 aromatic heterocycles. The van der Waals surface area contributed by atoms with Crippen molar-refractivity contribution in [3.8, 4) is 5.75 Å². The van der Waals surface area contributed by atoms with Crippen LogP contribution >= 0.6 is 0 Å². The lowest BCUT2D eigenvalue weighted by Crippen LogP contribution is -2.27. The average Bonchev–Trinajstić information content (AvgIpc) is 2.60. The van der Waals surface area contributed by atoms with E-state index in [2.05, 4.69) is 5.32 Å². The Bertz CT molecular complexity index is 875. The highest BCUT2D eigenvalue weighted by molar-refractivity contribution is 7.91. The van der Waals surface area contributed by atoms with Gasteiger partial charge in [-0.3, -0.25) is 4.79 Å². The van der Waals surface area contributed by atoms with Gasteiger partial charge in [-0.25, -0.2) is 8.42 Å². The summed E-state index contributed by atoms with van der Waals surface area (Å²) < 4.78 is 31.8. The number of benzene rings is 2. The molecule has 1 aliphatic rings. The molecular formula is C18H19NO4S. The van der Waals surface area contributed by atoms with Crippen LogP contribution in [0.15, 0.2) is 52.3 Å². The van der Waals surface area contributed by atoms with Gasteiger partial charge in [0.05, 0.1) is 15.9 Å². The zero-order valence-corrected chi connectivity index (χ0v) is 14.4. The molecule has 0 saturated carbocycles. The van der Waals surface area contributed by atoms with E-state index >= 15 is 0 Å². The fourth-order valence-corrected chi connectivity index (χ4v) is 4.32. The predicted octanol–water partition coefficient (Wildman–Crippen LogP) is 2.59. The lowest BCUT2D eigenvalue weighted by atomic mass is 9.99. The summed E-state index contributed by atoms with van der Waals surface area (Å²) in [6, 6.07) is 11.3. The number of rotatable bonds is 3. The monoisotopic (exact) mass is 345 g/mol. The molecule has 24 heavy (non-hydrogen) atoms. The lowest BCUT2D eigenvalue weighted by Gasteiger charge is -2.26. The number of hydrogen-bond donors (Lipinski definition) is 1. The molecule has 1 unspecified atom stereocenters. The van der Waals surface area contributed by atoms with Crippen molar-refractivity contribution in [2.24, 2.45) is 0 Å². The summed E-state index contributed by atoms with van der Waals surface area (Å²) in [5.41, 5.74) is 0.948. The van der Waals surface area contributed by atoms with Gasteiger partial charge in [0.15, 0.2) is 0 Å².